The van der Waals surface area contributed by atoms with E-state index in [0.717, 1.165) is 24.3 Å². The van der Waals surface area contributed by atoms with Gasteiger partial charge in [0.25, 0.3) is 0 Å². The number of halogens is 7. The molecule has 4 N–H and O–H groups in total. The molecule has 0 spiro atoms. The number of aliphatic hydroxyl groups is 1. The zero-order valence-electron chi connectivity index (χ0n) is 15.6. The Bertz CT molecular complexity index is 860. The molecule has 1 atom stereocenters. The fraction of sp³-hybridized carbons (Fsp3) is 0.278. The Labute approximate surface area is 190 Å². The molecule has 0 aliphatic rings. The zero-order valence-corrected chi connectivity index (χ0v) is 17.9. The van der Waals surface area contributed by atoms with Gasteiger partial charge in [-0.2, -0.15) is 13.2 Å². The molecule has 2 aromatic rings. The van der Waals surface area contributed by atoms with Crippen molar-refractivity contribution < 1.29 is 40.9 Å². The maximum absolute atomic E-state index is 12.6. The zero-order chi connectivity index (χ0) is 22.4. The first kappa shape index (κ1) is 26.6. The van der Waals surface area contributed by atoms with Gasteiger partial charge >= 0.3 is 12.5 Å². The van der Waals surface area contributed by atoms with Crippen LogP contribution in [-0.2, 0) is 6.18 Å². The second kappa shape index (κ2) is 11.3. The average molecular weight is 565 g/mol. The van der Waals surface area contributed by atoms with Crippen molar-refractivity contribution in [3.05, 3.63) is 54.1 Å². The first-order valence-corrected chi connectivity index (χ1v) is 8.33. The number of nitrogens with one attached hydrogen (secondary N) is 1. The van der Waals surface area contributed by atoms with Gasteiger partial charge in [0.1, 0.15) is 24.2 Å². The number of guanidine groups is 1. The lowest BCUT2D eigenvalue weighted by Gasteiger charge is -2.13. The van der Waals surface area contributed by atoms with Gasteiger partial charge < -0.3 is 25.6 Å². The van der Waals surface area contributed by atoms with E-state index in [0.29, 0.717) is 5.69 Å². The number of nitrogens with zero attached hydrogens (tertiary/aromatic N) is 1. The topological polar surface area (TPSA) is 89.1 Å². The van der Waals surface area contributed by atoms with Crippen LogP contribution >= 0.6 is 24.0 Å². The molecule has 0 aliphatic heterocycles. The van der Waals surface area contributed by atoms with Crippen LogP contribution in [0.2, 0.25) is 0 Å². The van der Waals surface area contributed by atoms with Crippen molar-refractivity contribution in [2.45, 2.75) is 18.6 Å². The van der Waals surface area contributed by atoms with Gasteiger partial charge in [-0.1, -0.05) is 6.07 Å². The number of hydrogen-bond donors (Lipinski definition) is 3. The van der Waals surface area contributed by atoms with Gasteiger partial charge in [0.05, 0.1) is 12.1 Å². The van der Waals surface area contributed by atoms with Crippen molar-refractivity contribution in [2.75, 3.05) is 18.5 Å². The highest BCUT2D eigenvalue weighted by molar-refractivity contribution is 14.0. The largest absolute Gasteiger partial charge is 0.573 e. The molecule has 0 amide bonds. The van der Waals surface area contributed by atoms with Crippen molar-refractivity contribution in [1.29, 1.82) is 0 Å². The molecule has 0 aromatic heterocycles. The molecule has 1 unspecified atom stereocenters. The van der Waals surface area contributed by atoms with Crippen molar-refractivity contribution in [3.63, 3.8) is 0 Å². The summed E-state index contributed by atoms with van der Waals surface area (Å²) in [6, 6.07) is 8.87. The number of benzene rings is 2. The fourth-order valence-corrected chi connectivity index (χ4v) is 2.14. The van der Waals surface area contributed by atoms with Crippen LogP contribution in [0.1, 0.15) is 5.56 Å². The molecule has 13 heteroatoms. The Morgan fingerprint density at radius 3 is 2.26 bits per heavy atom. The van der Waals surface area contributed by atoms with Crippen LogP contribution in [-0.4, -0.2) is 36.7 Å². The van der Waals surface area contributed by atoms with Crippen molar-refractivity contribution >= 4 is 35.6 Å². The van der Waals surface area contributed by atoms with Crippen LogP contribution in [0.3, 0.4) is 0 Å². The summed E-state index contributed by atoms with van der Waals surface area (Å²) in [5.41, 5.74) is 5.06. The molecule has 0 aliphatic carbocycles. The predicted octanol–water partition coefficient (Wildman–Crippen LogP) is 4.39. The number of alkyl halides is 6. The summed E-state index contributed by atoms with van der Waals surface area (Å²) < 4.78 is 83.1. The normalized spacial score (nSPS) is 13.2. The summed E-state index contributed by atoms with van der Waals surface area (Å²) in [6.45, 7) is -0.561. The number of nitrogens with two attached hydrogens (primary N) is 1. The van der Waals surface area contributed by atoms with Crippen LogP contribution in [0, 0.1) is 0 Å². The summed E-state index contributed by atoms with van der Waals surface area (Å²) in [6.07, 6.45) is -10.5. The molecular formula is C18H18F6IN3O3. The van der Waals surface area contributed by atoms with Gasteiger partial charge in [-0.05, 0) is 42.5 Å². The Morgan fingerprint density at radius 1 is 1.03 bits per heavy atom. The van der Waals surface area contributed by atoms with Gasteiger partial charge in [-0.25, -0.2) is 0 Å². The molecule has 0 radical (unpaired) electrons. The maximum Gasteiger partial charge on any atom is 0.573 e. The van der Waals surface area contributed by atoms with Crippen LogP contribution in [0.5, 0.6) is 11.5 Å². The maximum atomic E-state index is 12.6. The summed E-state index contributed by atoms with van der Waals surface area (Å²) in [5.74, 6) is -0.622. The summed E-state index contributed by atoms with van der Waals surface area (Å²) in [5, 5.41) is 12.4. The monoisotopic (exact) mass is 565 g/mol. The fourth-order valence-electron chi connectivity index (χ4n) is 2.14. The van der Waals surface area contributed by atoms with Gasteiger partial charge in [0, 0.05) is 5.69 Å². The summed E-state index contributed by atoms with van der Waals surface area (Å²) in [4.78, 5) is 3.83. The van der Waals surface area contributed by atoms with E-state index in [1.807, 2.05) is 0 Å². The Hall–Kier alpha value is -2.42. The lowest BCUT2D eigenvalue weighted by atomic mass is 10.2. The quantitative estimate of drug-likeness (QED) is 0.201. The predicted molar refractivity (Wildman–Crippen MR) is 112 cm³/mol. The van der Waals surface area contributed by atoms with Crippen molar-refractivity contribution in [2.24, 2.45) is 10.7 Å². The van der Waals surface area contributed by atoms with Crippen LogP contribution in [0.4, 0.5) is 32.0 Å². The van der Waals surface area contributed by atoms with E-state index in [-0.39, 0.29) is 48.8 Å². The molecule has 172 valence electrons. The number of rotatable bonds is 7. The molecule has 0 saturated carbocycles. The van der Waals surface area contributed by atoms with Crippen molar-refractivity contribution in [1.82, 2.24) is 0 Å². The third kappa shape index (κ3) is 9.95. The Balaban J connectivity index is 0.00000480. The Morgan fingerprint density at radius 2 is 1.68 bits per heavy atom. The number of ether oxygens (including phenoxy) is 2. The molecule has 2 rings (SSSR count). The molecule has 6 nitrogen and oxygen atoms in total. The van der Waals surface area contributed by atoms with E-state index in [4.69, 9.17) is 10.5 Å². The van der Waals surface area contributed by atoms with Gasteiger partial charge in [-0.15, -0.1) is 37.1 Å². The molecule has 31 heavy (non-hydrogen) atoms. The lowest BCUT2D eigenvalue weighted by molar-refractivity contribution is -0.274. The van der Waals surface area contributed by atoms with Crippen molar-refractivity contribution in [3.8, 4) is 11.5 Å². The van der Waals surface area contributed by atoms with E-state index >= 15 is 0 Å². The molecule has 0 heterocycles. The molecule has 0 fully saturated rings. The van der Waals surface area contributed by atoms with Gasteiger partial charge in [-0.3, -0.25) is 4.99 Å². The standard InChI is InChI=1S/C18H17F6N3O3.HI/c19-17(20,21)11-2-1-3-15(8-11)29-10-13(28)9-26-16(25)27-12-4-6-14(7-5-12)30-18(22,23)24;/h1-8,13,28H,9-10H2,(H3,25,26,27);1H. The van der Waals surface area contributed by atoms with E-state index in [1.165, 1.54) is 24.3 Å². The minimum absolute atomic E-state index is 0. The van der Waals surface area contributed by atoms with E-state index in [9.17, 15) is 31.4 Å². The average Bonchev–Trinajstić information content (AvgIpc) is 2.65. The van der Waals surface area contributed by atoms with Crippen LogP contribution < -0.4 is 20.5 Å². The van der Waals surface area contributed by atoms with Gasteiger partial charge in [0.2, 0.25) is 0 Å². The third-order valence-electron chi connectivity index (χ3n) is 3.44. The van der Waals surface area contributed by atoms with Gasteiger partial charge in [0.15, 0.2) is 5.96 Å². The first-order valence-electron chi connectivity index (χ1n) is 8.33. The highest BCUT2D eigenvalue weighted by Gasteiger charge is 2.31. The third-order valence-corrected chi connectivity index (χ3v) is 3.44. The number of aliphatic imine (C=N–C) groups is 1. The minimum Gasteiger partial charge on any atom is -0.491 e. The number of aliphatic hydroxyl groups excluding tert-OH is 1. The number of hydrogen-bond acceptors (Lipinski definition) is 4. The van der Waals surface area contributed by atoms with E-state index < -0.39 is 30.0 Å². The molecule has 0 bridgehead atoms. The molecule has 0 saturated heterocycles. The summed E-state index contributed by atoms with van der Waals surface area (Å²) >= 11 is 0. The summed E-state index contributed by atoms with van der Waals surface area (Å²) in [7, 11) is 0. The second-order valence-corrected chi connectivity index (χ2v) is 5.91. The SMILES string of the molecule is I.NC(=NCC(O)COc1cccc(C(F)(F)F)c1)Nc1ccc(OC(F)(F)F)cc1. The smallest absolute Gasteiger partial charge is 0.491 e. The van der Waals surface area contributed by atoms with Crippen LogP contribution in [0.25, 0.3) is 0 Å². The van der Waals surface area contributed by atoms with Crippen LogP contribution in [0.15, 0.2) is 53.5 Å². The lowest BCUT2D eigenvalue weighted by Crippen LogP contribution is -2.27. The minimum atomic E-state index is -4.80. The van der Waals surface area contributed by atoms with E-state index in [1.54, 1.807) is 0 Å². The second-order valence-electron chi connectivity index (χ2n) is 5.91. The first-order chi connectivity index (χ1) is 13.9. The van der Waals surface area contributed by atoms with E-state index in [2.05, 4.69) is 15.0 Å². The highest BCUT2D eigenvalue weighted by Crippen LogP contribution is 2.31. The Kier molecular flexibility index (Phi) is 9.68. The molecule has 2 aromatic carbocycles. The highest BCUT2D eigenvalue weighted by atomic mass is 127. The number of anilines is 1. The molecular weight excluding hydrogens is 547 g/mol.